The summed E-state index contributed by atoms with van der Waals surface area (Å²) in [7, 11) is 3.42. The minimum Gasteiger partial charge on any atom is -0.497 e. The molecule has 0 spiro atoms. The number of likely N-dealkylation sites (N-methyl/N-ethyl adjacent to an activating group) is 1. The van der Waals surface area contributed by atoms with E-state index in [1.165, 1.54) is 24.8 Å². The van der Waals surface area contributed by atoms with Crippen LogP contribution in [0.1, 0.15) is 37.7 Å². The summed E-state index contributed by atoms with van der Waals surface area (Å²) in [5.41, 5.74) is 1.31. The Morgan fingerprint density at radius 1 is 1.22 bits per heavy atom. The second-order valence-corrected chi connectivity index (χ2v) is 4.81. The van der Waals surface area contributed by atoms with Gasteiger partial charge in [0.05, 0.1) is 14.2 Å². The average molecular weight is 249 g/mol. The van der Waals surface area contributed by atoms with E-state index >= 15 is 0 Å². The molecule has 0 aromatic heterocycles. The van der Waals surface area contributed by atoms with E-state index in [1.807, 2.05) is 12.1 Å². The van der Waals surface area contributed by atoms with Crippen molar-refractivity contribution in [1.82, 2.24) is 5.32 Å². The third-order valence-electron chi connectivity index (χ3n) is 3.82. The van der Waals surface area contributed by atoms with E-state index in [4.69, 9.17) is 9.47 Å². The average Bonchev–Trinajstić information content (AvgIpc) is 2.86. The van der Waals surface area contributed by atoms with Gasteiger partial charge in [-0.3, -0.25) is 0 Å². The second kappa shape index (κ2) is 6.10. The van der Waals surface area contributed by atoms with Gasteiger partial charge in [-0.2, -0.15) is 0 Å². The number of hydrogen-bond donors (Lipinski definition) is 1. The highest BCUT2D eigenvalue weighted by molar-refractivity contribution is 5.43. The van der Waals surface area contributed by atoms with Crippen molar-refractivity contribution in [1.29, 1.82) is 0 Å². The zero-order valence-corrected chi connectivity index (χ0v) is 11.5. The second-order valence-electron chi connectivity index (χ2n) is 4.81. The van der Waals surface area contributed by atoms with Crippen LogP contribution in [-0.2, 0) is 0 Å². The van der Waals surface area contributed by atoms with Crippen LogP contribution in [0.4, 0.5) is 0 Å². The zero-order valence-electron chi connectivity index (χ0n) is 11.5. The van der Waals surface area contributed by atoms with E-state index in [9.17, 15) is 0 Å². The summed E-state index contributed by atoms with van der Waals surface area (Å²) in [6.45, 7) is 3.19. The Labute approximate surface area is 109 Å². The first-order chi connectivity index (χ1) is 8.80. The molecule has 1 aliphatic rings. The van der Waals surface area contributed by atoms with Crippen LogP contribution in [-0.4, -0.2) is 26.8 Å². The zero-order chi connectivity index (χ0) is 13.0. The van der Waals surface area contributed by atoms with Crippen LogP contribution in [0.25, 0.3) is 0 Å². The molecule has 0 radical (unpaired) electrons. The fraction of sp³-hybridized carbons (Fsp3) is 0.600. The monoisotopic (exact) mass is 249 g/mol. The normalized spacial score (nSPS) is 23.1. The SMILES string of the molecule is CCNC1CCCC1c1ccc(OC)cc1OC. The first-order valence-electron chi connectivity index (χ1n) is 6.75. The van der Waals surface area contributed by atoms with Gasteiger partial charge in [0.2, 0.25) is 0 Å². The largest absolute Gasteiger partial charge is 0.497 e. The van der Waals surface area contributed by atoms with E-state index < -0.39 is 0 Å². The molecule has 3 nitrogen and oxygen atoms in total. The molecule has 0 saturated heterocycles. The molecule has 2 unspecified atom stereocenters. The third-order valence-corrected chi connectivity index (χ3v) is 3.82. The van der Waals surface area contributed by atoms with Gasteiger partial charge in [-0.1, -0.05) is 19.4 Å². The first kappa shape index (κ1) is 13.2. The maximum Gasteiger partial charge on any atom is 0.126 e. The number of ether oxygens (including phenoxy) is 2. The summed E-state index contributed by atoms with van der Waals surface area (Å²) in [5.74, 6) is 2.36. The van der Waals surface area contributed by atoms with Crippen LogP contribution in [0.15, 0.2) is 18.2 Å². The summed E-state index contributed by atoms with van der Waals surface area (Å²) < 4.78 is 10.8. The topological polar surface area (TPSA) is 30.5 Å². The Bertz CT molecular complexity index is 392. The Morgan fingerprint density at radius 2 is 2.06 bits per heavy atom. The van der Waals surface area contributed by atoms with Crippen molar-refractivity contribution in [3.05, 3.63) is 23.8 Å². The fourth-order valence-corrected chi connectivity index (χ4v) is 2.96. The molecular weight excluding hydrogens is 226 g/mol. The van der Waals surface area contributed by atoms with Crippen molar-refractivity contribution in [2.24, 2.45) is 0 Å². The number of rotatable bonds is 5. The highest BCUT2D eigenvalue weighted by atomic mass is 16.5. The molecular formula is C15H23NO2. The van der Waals surface area contributed by atoms with Crippen molar-refractivity contribution >= 4 is 0 Å². The predicted molar refractivity (Wildman–Crippen MR) is 73.6 cm³/mol. The van der Waals surface area contributed by atoms with Crippen molar-refractivity contribution in [2.75, 3.05) is 20.8 Å². The van der Waals surface area contributed by atoms with Gasteiger partial charge < -0.3 is 14.8 Å². The van der Waals surface area contributed by atoms with Crippen molar-refractivity contribution in [3.63, 3.8) is 0 Å². The minimum absolute atomic E-state index is 0.561. The van der Waals surface area contributed by atoms with Gasteiger partial charge in [-0.25, -0.2) is 0 Å². The predicted octanol–water partition coefficient (Wildman–Crippen LogP) is 2.95. The van der Waals surface area contributed by atoms with Crippen molar-refractivity contribution in [2.45, 2.75) is 38.1 Å². The summed E-state index contributed by atoms with van der Waals surface area (Å²) in [6, 6.07) is 6.74. The highest BCUT2D eigenvalue weighted by Crippen LogP contribution is 2.40. The van der Waals surface area contributed by atoms with E-state index in [0.29, 0.717) is 12.0 Å². The molecule has 0 heterocycles. The summed E-state index contributed by atoms with van der Waals surface area (Å²) in [5, 5.41) is 3.59. The molecule has 0 aliphatic heterocycles. The summed E-state index contributed by atoms with van der Waals surface area (Å²) in [6.07, 6.45) is 3.78. The molecule has 1 aromatic rings. The molecule has 1 fully saturated rings. The van der Waals surface area contributed by atoms with Crippen LogP contribution < -0.4 is 14.8 Å². The van der Waals surface area contributed by atoms with Gasteiger partial charge in [0, 0.05) is 18.0 Å². The highest BCUT2D eigenvalue weighted by Gasteiger charge is 2.29. The van der Waals surface area contributed by atoms with E-state index in [2.05, 4.69) is 18.3 Å². The third kappa shape index (κ3) is 2.61. The Balaban J connectivity index is 2.26. The maximum absolute atomic E-state index is 5.52. The van der Waals surface area contributed by atoms with E-state index in [0.717, 1.165) is 18.0 Å². The van der Waals surface area contributed by atoms with Crippen LogP contribution in [0.5, 0.6) is 11.5 Å². The van der Waals surface area contributed by atoms with Gasteiger partial charge in [0.25, 0.3) is 0 Å². The Morgan fingerprint density at radius 3 is 2.72 bits per heavy atom. The Hall–Kier alpha value is -1.22. The standard InChI is InChI=1S/C15H23NO2/c1-4-16-14-7-5-6-12(14)13-9-8-11(17-2)10-15(13)18-3/h8-10,12,14,16H,4-7H2,1-3H3. The molecule has 1 N–H and O–H groups in total. The number of nitrogens with one attached hydrogen (secondary N) is 1. The van der Waals surface area contributed by atoms with Crippen LogP contribution in [0.3, 0.4) is 0 Å². The van der Waals surface area contributed by atoms with Crippen LogP contribution in [0.2, 0.25) is 0 Å². The van der Waals surface area contributed by atoms with Gasteiger partial charge in [-0.05, 0) is 31.0 Å². The molecule has 1 aromatic carbocycles. The maximum atomic E-state index is 5.52. The number of methoxy groups -OCH3 is 2. The lowest BCUT2D eigenvalue weighted by atomic mass is 9.93. The molecule has 0 bridgehead atoms. The first-order valence-corrected chi connectivity index (χ1v) is 6.75. The number of benzene rings is 1. The number of hydrogen-bond acceptors (Lipinski definition) is 3. The van der Waals surface area contributed by atoms with Crippen molar-refractivity contribution < 1.29 is 9.47 Å². The van der Waals surface area contributed by atoms with Gasteiger partial charge >= 0.3 is 0 Å². The van der Waals surface area contributed by atoms with Gasteiger partial charge in [0.15, 0.2) is 0 Å². The fourth-order valence-electron chi connectivity index (χ4n) is 2.96. The molecule has 3 heteroatoms. The van der Waals surface area contributed by atoms with Crippen molar-refractivity contribution in [3.8, 4) is 11.5 Å². The molecule has 18 heavy (non-hydrogen) atoms. The molecule has 0 amide bonds. The van der Waals surface area contributed by atoms with Gasteiger partial charge in [-0.15, -0.1) is 0 Å². The quantitative estimate of drug-likeness (QED) is 0.870. The summed E-state index contributed by atoms with van der Waals surface area (Å²) in [4.78, 5) is 0. The lowest BCUT2D eigenvalue weighted by Crippen LogP contribution is -2.31. The smallest absolute Gasteiger partial charge is 0.126 e. The summed E-state index contributed by atoms with van der Waals surface area (Å²) >= 11 is 0. The lowest BCUT2D eigenvalue weighted by molar-refractivity contribution is 0.383. The van der Waals surface area contributed by atoms with E-state index in [-0.39, 0.29) is 0 Å². The lowest BCUT2D eigenvalue weighted by Gasteiger charge is -2.23. The van der Waals surface area contributed by atoms with Gasteiger partial charge in [0.1, 0.15) is 11.5 Å². The molecule has 1 saturated carbocycles. The van der Waals surface area contributed by atoms with E-state index in [1.54, 1.807) is 14.2 Å². The van der Waals surface area contributed by atoms with Crippen LogP contribution >= 0.6 is 0 Å². The molecule has 100 valence electrons. The minimum atomic E-state index is 0.561. The molecule has 2 rings (SSSR count). The molecule has 2 atom stereocenters. The Kier molecular flexibility index (Phi) is 4.48. The van der Waals surface area contributed by atoms with Crippen LogP contribution in [0, 0.1) is 0 Å². The molecule has 1 aliphatic carbocycles.